The van der Waals surface area contributed by atoms with Gasteiger partial charge in [-0.15, -0.1) is 0 Å². The van der Waals surface area contributed by atoms with Crippen LogP contribution in [0.25, 0.3) is 11.1 Å². The van der Waals surface area contributed by atoms with Crippen molar-refractivity contribution in [3.05, 3.63) is 89.2 Å². The van der Waals surface area contributed by atoms with Gasteiger partial charge in [-0.25, -0.2) is 0 Å². The Morgan fingerprint density at radius 2 is 1.59 bits per heavy atom. The van der Waals surface area contributed by atoms with Gasteiger partial charge in [-0.05, 0) is 60.2 Å². The first-order valence-electron chi connectivity index (χ1n) is 14.3. The Morgan fingerprint density at radius 1 is 0.932 bits per heavy atom. The number of ether oxygens (including phenoxy) is 1. The summed E-state index contributed by atoms with van der Waals surface area (Å²) < 4.78 is 84.8. The number of aliphatic hydroxyl groups is 1. The molecule has 1 aliphatic rings. The summed E-state index contributed by atoms with van der Waals surface area (Å²) in [4.78, 5) is 20.9. The number of aromatic nitrogens is 1. The summed E-state index contributed by atoms with van der Waals surface area (Å²) >= 11 is 0. The Kier molecular flexibility index (Phi) is 10.4. The molecular formula is C32H35F6N3O3. The van der Waals surface area contributed by atoms with Gasteiger partial charge in [0.25, 0.3) is 5.60 Å². The largest absolute Gasteiger partial charge is 0.466 e. The predicted octanol–water partition coefficient (Wildman–Crippen LogP) is 6.40. The first-order valence-corrected chi connectivity index (χ1v) is 14.3. The summed E-state index contributed by atoms with van der Waals surface area (Å²) in [6.45, 7) is 7.62. The molecular weight excluding hydrogens is 588 g/mol. The third-order valence-electron chi connectivity index (χ3n) is 7.94. The number of pyridine rings is 1. The molecule has 1 atom stereocenters. The molecule has 12 heteroatoms. The highest BCUT2D eigenvalue weighted by Gasteiger charge is 2.71. The first kappa shape index (κ1) is 33.4. The second kappa shape index (κ2) is 13.7. The number of piperazine rings is 1. The van der Waals surface area contributed by atoms with E-state index in [0.29, 0.717) is 49.3 Å². The van der Waals surface area contributed by atoms with Gasteiger partial charge >= 0.3 is 18.3 Å². The van der Waals surface area contributed by atoms with Crippen molar-refractivity contribution in [1.82, 2.24) is 14.8 Å². The van der Waals surface area contributed by atoms with Crippen LogP contribution in [-0.2, 0) is 28.2 Å². The second-order valence-corrected chi connectivity index (χ2v) is 11.0. The Bertz CT molecular complexity index is 1380. The van der Waals surface area contributed by atoms with Crippen molar-refractivity contribution in [1.29, 1.82) is 0 Å². The number of esters is 1. The van der Waals surface area contributed by atoms with Crippen LogP contribution in [0.4, 0.5) is 26.3 Å². The molecule has 44 heavy (non-hydrogen) atoms. The number of halogens is 6. The third kappa shape index (κ3) is 7.59. The highest BCUT2D eigenvalue weighted by molar-refractivity contribution is 5.69. The minimum atomic E-state index is -5.94. The molecule has 1 saturated heterocycles. The van der Waals surface area contributed by atoms with E-state index >= 15 is 0 Å². The summed E-state index contributed by atoms with van der Waals surface area (Å²) in [6, 6.07) is 13.2. The minimum absolute atomic E-state index is 0.0866. The maximum Gasteiger partial charge on any atom is 0.430 e. The van der Waals surface area contributed by atoms with E-state index < -0.39 is 23.5 Å². The smallest absolute Gasteiger partial charge is 0.430 e. The van der Waals surface area contributed by atoms with Gasteiger partial charge in [0.2, 0.25) is 0 Å². The standard InChI is InChI=1S/C32H35F6N3O3/c1-3-44-29(42)11-9-27-21-40(19-23-12-14-39-15-13-23)16-17-41(27)20-24-4-10-28(22(2)18-24)25-5-7-26(8-6-25)30(43,31(33,34)35)32(36,37)38/h4-8,10,12-15,18,27,43H,3,9,11,16-17,19-21H2,1-2H3/t27-/m0/s1. The zero-order chi connectivity index (χ0) is 32.1. The van der Waals surface area contributed by atoms with Gasteiger partial charge in [-0.1, -0.05) is 42.5 Å². The predicted molar refractivity (Wildman–Crippen MR) is 152 cm³/mol. The van der Waals surface area contributed by atoms with Crippen LogP contribution in [0.15, 0.2) is 67.0 Å². The Hall–Kier alpha value is -3.48. The van der Waals surface area contributed by atoms with Crippen LogP contribution in [-0.4, -0.2) is 70.5 Å². The summed E-state index contributed by atoms with van der Waals surface area (Å²) in [7, 11) is 0. The molecule has 0 aliphatic carbocycles. The molecule has 4 rings (SSSR count). The van der Waals surface area contributed by atoms with Crippen molar-refractivity contribution in [3.8, 4) is 11.1 Å². The molecule has 2 heterocycles. The zero-order valence-corrected chi connectivity index (χ0v) is 24.5. The molecule has 3 aromatic rings. The van der Waals surface area contributed by atoms with Crippen LogP contribution in [0.3, 0.4) is 0 Å². The number of carbonyl (C=O) groups is 1. The fraction of sp³-hybridized carbons (Fsp3) is 0.438. The first-order chi connectivity index (χ1) is 20.7. The van der Waals surface area contributed by atoms with Crippen LogP contribution in [0, 0.1) is 6.92 Å². The van der Waals surface area contributed by atoms with Gasteiger partial charge in [0.05, 0.1) is 6.61 Å². The molecule has 0 amide bonds. The monoisotopic (exact) mass is 623 g/mol. The Labute approximate surface area is 252 Å². The topological polar surface area (TPSA) is 65.9 Å². The molecule has 2 aromatic carbocycles. The number of hydrogen-bond acceptors (Lipinski definition) is 6. The molecule has 238 valence electrons. The lowest BCUT2D eigenvalue weighted by Gasteiger charge is -2.41. The van der Waals surface area contributed by atoms with Crippen molar-refractivity contribution in [2.45, 2.75) is 63.8 Å². The van der Waals surface area contributed by atoms with Crippen LogP contribution < -0.4 is 0 Å². The zero-order valence-electron chi connectivity index (χ0n) is 24.5. The number of alkyl halides is 6. The number of hydrogen-bond donors (Lipinski definition) is 1. The molecule has 6 nitrogen and oxygen atoms in total. The molecule has 0 spiro atoms. The molecule has 1 fully saturated rings. The average Bonchev–Trinajstić information content (AvgIpc) is 2.96. The average molecular weight is 624 g/mol. The van der Waals surface area contributed by atoms with Gasteiger partial charge in [0.15, 0.2) is 0 Å². The molecule has 0 unspecified atom stereocenters. The summed E-state index contributed by atoms with van der Waals surface area (Å²) in [5, 5.41) is 9.68. The van der Waals surface area contributed by atoms with Crippen LogP contribution in [0.1, 0.15) is 42.0 Å². The maximum absolute atomic E-state index is 13.3. The van der Waals surface area contributed by atoms with Crippen LogP contribution in [0.2, 0.25) is 0 Å². The quantitative estimate of drug-likeness (QED) is 0.208. The highest BCUT2D eigenvalue weighted by Crippen LogP contribution is 2.50. The number of rotatable bonds is 10. The van der Waals surface area contributed by atoms with Crippen LogP contribution >= 0.6 is 0 Å². The number of carbonyl (C=O) groups excluding carboxylic acids is 1. The summed E-state index contributed by atoms with van der Waals surface area (Å²) in [5.41, 5.74) is -2.29. The van der Waals surface area contributed by atoms with E-state index in [-0.39, 0.29) is 12.0 Å². The second-order valence-electron chi connectivity index (χ2n) is 11.0. The van der Waals surface area contributed by atoms with Crippen molar-refractivity contribution >= 4 is 5.97 Å². The lowest BCUT2D eigenvalue weighted by molar-refractivity contribution is -0.376. The van der Waals surface area contributed by atoms with E-state index in [1.54, 1.807) is 25.4 Å². The molecule has 0 saturated carbocycles. The fourth-order valence-electron chi connectivity index (χ4n) is 5.61. The van der Waals surface area contributed by atoms with Gasteiger partial charge in [-0.2, -0.15) is 26.3 Å². The minimum Gasteiger partial charge on any atom is -0.466 e. The Balaban J connectivity index is 1.49. The number of benzene rings is 2. The van der Waals surface area contributed by atoms with E-state index in [9.17, 15) is 36.2 Å². The number of nitrogens with zero attached hydrogens (tertiary/aromatic N) is 3. The lowest BCUT2D eigenvalue weighted by Crippen LogP contribution is -2.53. The molecule has 0 bridgehead atoms. The van der Waals surface area contributed by atoms with Gasteiger partial charge in [-0.3, -0.25) is 19.6 Å². The highest BCUT2D eigenvalue weighted by atomic mass is 19.4. The molecule has 1 aliphatic heterocycles. The van der Waals surface area contributed by atoms with Crippen molar-refractivity contribution in [3.63, 3.8) is 0 Å². The third-order valence-corrected chi connectivity index (χ3v) is 7.94. The normalized spacial score (nSPS) is 17.1. The van der Waals surface area contributed by atoms with Crippen molar-refractivity contribution < 1.29 is 41.0 Å². The van der Waals surface area contributed by atoms with E-state index in [1.807, 2.05) is 31.2 Å². The van der Waals surface area contributed by atoms with Gasteiger partial charge in [0.1, 0.15) is 0 Å². The molecule has 0 radical (unpaired) electrons. The Morgan fingerprint density at radius 3 is 2.18 bits per heavy atom. The van der Waals surface area contributed by atoms with E-state index in [1.165, 1.54) is 0 Å². The summed E-state index contributed by atoms with van der Waals surface area (Å²) in [5.74, 6) is -0.242. The fourth-order valence-corrected chi connectivity index (χ4v) is 5.61. The van der Waals surface area contributed by atoms with E-state index in [2.05, 4.69) is 14.8 Å². The maximum atomic E-state index is 13.3. The van der Waals surface area contributed by atoms with E-state index in [4.69, 9.17) is 4.74 Å². The van der Waals surface area contributed by atoms with Gasteiger partial charge < -0.3 is 9.84 Å². The van der Waals surface area contributed by atoms with E-state index in [0.717, 1.165) is 55.0 Å². The molecule has 1 N–H and O–H groups in total. The number of aryl methyl sites for hydroxylation is 1. The van der Waals surface area contributed by atoms with Crippen molar-refractivity contribution in [2.24, 2.45) is 0 Å². The van der Waals surface area contributed by atoms with Crippen LogP contribution in [0.5, 0.6) is 0 Å². The summed E-state index contributed by atoms with van der Waals surface area (Å²) in [6.07, 6.45) is -7.45. The van der Waals surface area contributed by atoms with Crippen molar-refractivity contribution in [2.75, 3.05) is 26.2 Å². The lowest BCUT2D eigenvalue weighted by atomic mass is 9.90. The SMILES string of the molecule is CCOC(=O)CC[C@H]1CN(Cc2ccncc2)CCN1Cc1ccc(-c2ccc(C(O)(C(F)(F)F)C(F)(F)F)cc2)c(C)c1. The molecule has 1 aromatic heterocycles. The van der Waals surface area contributed by atoms with Gasteiger partial charge in [0, 0.05) is 63.1 Å².